The van der Waals surface area contributed by atoms with Gasteiger partial charge in [-0.15, -0.1) is 0 Å². The van der Waals surface area contributed by atoms with Crippen molar-refractivity contribution >= 4 is 5.91 Å². The molecule has 0 aromatic heterocycles. The fourth-order valence-corrected chi connectivity index (χ4v) is 5.62. The first kappa shape index (κ1) is 12.2. The van der Waals surface area contributed by atoms with Gasteiger partial charge in [-0.2, -0.15) is 0 Å². The van der Waals surface area contributed by atoms with E-state index in [9.17, 15) is 4.79 Å². The van der Waals surface area contributed by atoms with E-state index in [4.69, 9.17) is 0 Å². The lowest BCUT2D eigenvalue weighted by Crippen LogP contribution is -2.53. The predicted molar refractivity (Wildman–Crippen MR) is 74.6 cm³/mol. The molecule has 2 N–H and O–H groups in total. The van der Waals surface area contributed by atoms with Crippen molar-refractivity contribution in [3.63, 3.8) is 0 Å². The summed E-state index contributed by atoms with van der Waals surface area (Å²) in [6.07, 6.45) is 9.07. The molecule has 0 radical (unpaired) electrons. The molecule has 4 bridgehead atoms. The molecule has 4 saturated carbocycles. The third-order valence-electron chi connectivity index (χ3n) is 6.22. The van der Waals surface area contributed by atoms with Gasteiger partial charge in [0.05, 0.1) is 0 Å². The van der Waals surface area contributed by atoms with Crippen LogP contribution in [0.3, 0.4) is 0 Å². The molecule has 0 unspecified atom stereocenters. The quantitative estimate of drug-likeness (QED) is 0.798. The van der Waals surface area contributed by atoms with Crippen molar-refractivity contribution in [2.24, 2.45) is 29.6 Å². The first-order chi connectivity index (χ1) is 9.29. The molecule has 4 aliphatic carbocycles. The molecule has 0 spiro atoms. The van der Waals surface area contributed by atoms with Crippen LogP contribution in [-0.2, 0) is 4.79 Å². The monoisotopic (exact) mass is 262 g/mol. The minimum absolute atomic E-state index is 0.364. The van der Waals surface area contributed by atoms with Gasteiger partial charge in [0.1, 0.15) is 0 Å². The van der Waals surface area contributed by atoms with Crippen molar-refractivity contribution in [3.05, 3.63) is 0 Å². The average molecular weight is 262 g/mol. The number of carbonyl (C=O) groups excluding carboxylic acids is 1. The summed E-state index contributed by atoms with van der Waals surface area (Å²) in [5.74, 6) is 4.13. The molecule has 0 atom stereocenters. The fraction of sp³-hybridized carbons (Fsp3) is 0.938. The summed E-state index contributed by atoms with van der Waals surface area (Å²) in [7, 11) is 0. The van der Waals surface area contributed by atoms with Gasteiger partial charge in [-0.3, -0.25) is 4.79 Å². The van der Waals surface area contributed by atoms with Gasteiger partial charge in [0.25, 0.3) is 0 Å². The normalized spacial score (nSPS) is 45.4. The number of piperidine rings is 1. The third kappa shape index (κ3) is 2.20. The summed E-state index contributed by atoms with van der Waals surface area (Å²) in [6.45, 7) is 2.12. The van der Waals surface area contributed by atoms with Gasteiger partial charge in [-0.05, 0) is 81.7 Å². The summed E-state index contributed by atoms with van der Waals surface area (Å²) in [6, 6.07) is 0.436. The molecule has 106 valence electrons. The van der Waals surface area contributed by atoms with E-state index in [1.165, 1.54) is 32.1 Å². The molecular formula is C16H26N2O. The number of carbonyl (C=O) groups is 1. The second-order valence-corrected chi connectivity index (χ2v) is 7.49. The topological polar surface area (TPSA) is 41.1 Å². The van der Waals surface area contributed by atoms with Crippen LogP contribution >= 0.6 is 0 Å². The Balaban J connectivity index is 1.42. The largest absolute Gasteiger partial charge is 0.353 e. The zero-order valence-corrected chi connectivity index (χ0v) is 11.7. The molecule has 19 heavy (non-hydrogen) atoms. The minimum Gasteiger partial charge on any atom is -0.353 e. The van der Waals surface area contributed by atoms with Crippen LogP contribution in [0.2, 0.25) is 0 Å². The van der Waals surface area contributed by atoms with E-state index in [2.05, 4.69) is 10.6 Å². The summed E-state index contributed by atoms with van der Waals surface area (Å²) in [5, 5.41) is 6.74. The summed E-state index contributed by atoms with van der Waals surface area (Å²) >= 11 is 0. The highest BCUT2D eigenvalue weighted by Crippen LogP contribution is 2.56. The van der Waals surface area contributed by atoms with Crippen molar-refractivity contribution in [2.75, 3.05) is 13.1 Å². The Morgan fingerprint density at radius 2 is 1.47 bits per heavy atom. The molecule has 0 aromatic rings. The van der Waals surface area contributed by atoms with Crippen LogP contribution in [0.5, 0.6) is 0 Å². The summed E-state index contributed by atoms with van der Waals surface area (Å²) in [4.78, 5) is 12.7. The second kappa shape index (κ2) is 4.76. The van der Waals surface area contributed by atoms with E-state index in [1.54, 1.807) is 0 Å². The Morgan fingerprint density at radius 3 is 2.05 bits per heavy atom. The lowest BCUT2D eigenvalue weighted by Gasteiger charge is -2.53. The standard InChI is InChI=1S/C16H26N2O/c19-16(18-14-1-3-17-4-2-14)15-12-6-10-5-11(8-12)9-13(15)7-10/h10-15,17H,1-9H2,(H,18,19). The summed E-state index contributed by atoms with van der Waals surface area (Å²) < 4.78 is 0. The number of nitrogens with one attached hydrogen (secondary N) is 2. The van der Waals surface area contributed by atoms with Gasteiger partial charge < -0.3 is 10.6 Å². The fourth-order valence-electron chi connectivity index (χ4n) is 5.62. The van der Waals surface area contributed by atoms with Crippen molar-refractivity contribution < 1.29 is 4.79 Å². The number of amides is 1. The first-order valence-corrected chi connectivity index (χ1v) is 8.30. The molecule has 5 fully saturated rings. The first-order valence-electron chi connectivity index (χ1n) is 8.30. The maximum Gasteiger partial charge on any atom is 0.223 e. The van der Waals surface area contributed by atoms with E-state index in [0.29, 0.717) is 17.9 Å². The van der Waals surface area contributed by atoms with E-state index in [1.807, 2.05) is 0 Å². The molecule has 5 aliphatic rings. The Kier molecular flexibility index (Phi) is 3.06. The van der Waals surface area contributed by atoms with Crippen LogP contribution in [0.4, 0.5) is 0 Å². The second-order valence-electron chi connectivity index (χ2n) is 7.49. The molecule has 0 aromatic carbocycles. The van der Waals surface area contributed by atoms with Gasteiger partial charge >= 0.3 is 0 Å². The Bertz CT molecular complexity index is 334. The highest BCUT2D eigenvalue weighted by molar-refractivity contribution is 5.80. The molecule has 1 heterocycles. The Hall–Kier alpha value is -0.570. The van der Waals surface area contributed by atoms with Crippen molar-refractivity contribution in [1.82, 2.24) is 10.6 Å². The van der Waals surface area contributed by atoms with E-state index in [-0.39, 0.29) is 0 Å². The molecule has 5 rings (SSSR count). The maximum absolute atomic E-state index is 12.7. The zero-order valence-electron chi connectivity index (χ0n) is 11.7. The van der Waals surface area contributed by atoms with E-state index >= 15 is 0 Å². The van der Waals surface area contributed by atoms with Gasteiger partial charge in [-0.25, -0.2) is 0 Å². The van der Waals surface area contributed by atoms with Crippen LogP contribution in [0, 0.1) is 29.6 Å². The van der Waals surface area contributed by atoms with Crippen LogP contribution < -0.4 is 10.6 Å². The lowest BCUT2D eigenvalue weighted by atomic mass is 9.51. The van der Waals surface area contributed by atoms with Crippen LogP contribution in [-0.4, -0.2) is 25.0 Å². The Morgan fingerprint density at radius 1 is 0.895 bits per heavy atom. The highest BCUT2D eigenvalue weighted by atomic mass is 16.2. The predicted octanol–water partition coefficient (Wildman–Crippen LogP) is 1.93. The molecule has 1 amide bonds. The Labute approximate surface area is 115 Å². The van der Waals surface area contributed by atoms with Gasteiger partial charge in [-0.1, -0.05) is 0 Å². The van der Waals surface area contributed by atoms with E-state index < -0.39 is 0 Å². The minimum atomic E-state index is 0.364. The van der Waals surface area contributed by atoms with E-state index in [0.717, 1.165) is 49.6 Å². The molecule has 1 aliphatic heterocycles. The van der Waals surface area contributed by atoms with Crippen LogP contribution in [0.15, 0.2) is 0 Å². The van der Waals surface area contributed by atoms with Gasteiger partial charge in [0.2, 0.25) is 5.91 Å². The van der Waals surface area contributed by atoms with Crippen molar-refractivity contribution in [3.8, 4) is 0 Å². The highest BCUT2D eigenvalue weighted by Gasteiger charge is 2.50. The SMILES string of the molecule is O=C(NC1CCNCC1)C1C2CC3CC(C2)CC1C3. The van der Waals surface area contributed by atoms with Crippen LogP contribution in [0.25, 0.3) is 0 Å². The molecule has 3 heteroatoms. The number of hydrogen-bond donors (Lipinski definition) is 2. The van der Waals surface area contributed by atoms with Crippen LogP contribution in [0.1, 0.15) is 44.9 Å². The average Bonchev–Trinajstić information content (AvgIpc) is 2.38. The number of rotatable bonds is 2. The third-order valence-corrected chi connectivity index (χ3v) is 6.22. The maximum atomic E-state index is 12.7. The summed E-state index contributed by atoms with van der Waals surface area (Å²) in [5.41, 5.74) is 0. The van der Waals surface area contributed by atoms with Gasteiger partial charge in [0, 0.05) is 12.0 Å². The zero-order chi connectivity index (χ0) is 12.8. The van der Waals surface area contributed by atoms with Crippen molar-refractivity contribution in [2.45, 2.75) is 51.0 Å². The molecule has 3 nitrogen and oxygen atoms in total. The van der Waals surface area contributed by atoms with Crippen molar-refractivity contribution in [1.29, 1.82) is 0 Å². The lowest BCUT2D eigenvalue weighted by molar-refractivity contribution is -0.139. The molecule has 1 saturated heterocycles. The van der Waals surface area contributed by atoms with Gasteiger partial charge in [0.15, 0.2) is 0 Å². The number of hydrogen-bond acceptors (Lipinski definition) is 2. The smallest absolute Gasteiger partial charge is 0.223 e. The molecular weight excluding hydrogens is 236 g/mol.